The average Bonchev–Trinajstić information content (AvgIpc) is 3.63. The molecule has 0 atom stereocenters. The van der Waals surface area contributed by atoms with Crippen LogP contribution in [0.1, 0.15) is 22.3 Å². The Balaban J connectivity index is 1.65. The van der Waals surface area contributed by atoms with Crippen molar-refractivity contribution in [1.82, 2.24) is 14.3 Å². The van der Waals surface area contributed by atoms with Gasteiger partial charge in [0.2, 0.25) is 0 Å². The maximum absolute atomic E-state index is 14.3. The maximum atomic E-state index is 14.3. The third-order valence-corrected chi connectivity index (χ3v) is 8.69. The molecule has 6 rings (SSSR count). The molecule has 48 heavy (non-hydrogen) atoms. The fourth-order valence-corrected chi connectivity index (χ4v) is 6.24. The molecular weight excluding hydrogens is 636 g/mol. The number of alkyl halides is 3. The topological polar surface area (TPSA) is 92.7 Å². The van der Waals surface area contributed by atoms with Crippen molar-refractivity contribution in [2.24, 2.45) is 0 Å². The number of halogens is 3. The van der Waals surface area contributed by atoms with Gasteiger partial charge in [-0.3, -0.25) is 14.2 Å². The van der Waals surface area contributed by atoms with E-state index in [4.69, 9.17) is 5.10 Å². The highest BCUT2D eigenvalue weighted by atomic mass is 32.1. The fourth-order valence-electron chi connectivity index (χ4n) is 5.15. The number of nitrogens with zero attached hydrogens (tertiary/aromatic N) is 4. The van der Waals surface area contributed by atoms with Gasteiger partial charge in [-0.2, -0.15) is 23.5 Å². The standard InChI is InChI=1S/C37H26F3N5O2S/c1-23-16-18-25(19-17-23)33-26(22-44(43-33)27-11-4-3-5-12-27)20-32-35(47)45(31-15-9-7-13-29(31)37(38,39)40)36(48-32)28(21-41)34(46)42-30-14-8-6-10-24(30)2/h3-20,22H,1-2H3,(H,42,46). The van der Waals surface area contributed by atoms with Gasteiger partial charge in [-0.05, 0) is 55.8 Å². The lowest BCUT2D eigenvalue weighted by Crippen LogP contribution is -2.33. The number of nitriles is 1. The molecule has 0 saturated heterocycles. The van der Waals surface area contributed by atoms with Crippen LogP contribution in [0.15, 0.2) is 114 Å². The molecule has 2 aromatic heterocycles. The molecule has 2 heterocycles. The molecule has 0 bridgehead atoms. The summed E-state index contributed by atoms with van der Waals surface area (Å²) in [6, 6.07) is 30.2. The lowest BCUT2D eigenvalue weighted by atomic mass is 10.1. The highest BCUT2D eigenvalue weighted by Gasteiger charge is 2.34. The van der Waals surface area contributed by atoms with E-state index < -0.39 is 34.5 Å². The number of carbonyl (C=O) groups is 1. The highest BCUT2D eigenvalue weighted by Crippen LogP contribution is 2.33. The summed E-state index contributed by atoms with van der Waals surface area (Å²) in [4.78, 5) is 27.7. The molecule has 0 saturated carbocycles. The van der Waals surface area contributed by atoms with Crippen LogP contribution in [0, 0.1) is 25.2 Å². The second-order valence-corrected chi connectivity index (χ2v) is 11.9. The minimum atomic E-state index is -4.83. The van der Waals surface area contributed by atoms with Crippen LogP contribution in [0.2, 0.25) is 0 Å². The summed E-state index contributed by atoms with van der Waals surface area (Å²) in [6.45, 7) is 3.71. The van der Waals surface area contributed by atoms with Crippen LogP contribution in [0.25, 0.3) is 34.3 Å². The van der Waals surface area contributed by atoms with Gasteiger partial charge in [0.1, 0.15) is 10.7 Å². The first kappa shape index (κ1) is 32.0. The first-order valence-corrected chi connectivity index (χ1v) is 15.5. The highest BCUT2D eigenvalue weighted by molar-refractivity contribution is 7.07. The fraction of sp³-hybridized carbons (Fsp3) is 0.0811. The predicted octanol–water partition coefficient (Wildman–Crippen LogP) is 6.53. The van der Waals surface area contributed by atoms with Crippen LogP contribution in [0.4, 0.5) is 18.9 Å². The summed E-state index contributed by atoms with van der Waals surface area (Å²) >= 11 is 0.752. The monoisotopic (exact) mass is 661 g/mol. The van der Waals surface area contributed by atoms with Crippen molar-refractivity contribution >= 4 is 34.6 Å². The first-order chi connectivity index (χ1) is 23.0. The summed E-state index contributed by atoms with van der Waals surface area (Å²) < 4.78 is 45.0. The van der Waals surface area contributed by atoms with E-state index in [9.17, 15) is 28.0 Å². The molecule has 0 radical (unpaired) electrons. The Bertz CT molecular complexity index is 2380. The molecule has 7 nitrogen and oxygen atoms in total. The normalized spacial score (nSPS) is 12.5. The summed E-state index contributed by atoms with van der Waals surface area (Å²) in [5.41, 5.74) is 1.75. The Hall–Kier alpha value is -5.99. The Labute approximate surface area is 276 Å². The summed E-state index contributed by atoms with van der Waals surface area (Å²) in [6.07, 6.45) is -1.58. The number of amides is 1. The van der Waals surface area contributed by atoms with Crippen molar-refractivity contribution in [3.63, 3.8) is 0 Å². The van der Waals surface area contributed by atoms with Gasteiger partial charge < -0.3 is 5.32 Å². The Morgan fingerprint density at radius 1 is 0.917 bits per heavy atom. The van der Waals surface area contributed by atoms with Crippen LogP contribution in [0.5, 0.6) is 0 Å². The zero-order valence-corrected chi connectivity index (χ0v) is 26.4. The summed E-state index contributed by atoms with van der Waals surface area (Å²) in [5, 5.41) is 17.7. The molecule has 0 unspecified atom stereocenters. The van der Waals surface area contributed by atoms with Crippen LogP contribution >= 0.6 is 11.3 Å². The molecular formula is C37H26F3N5O2S. The number of hydrogen-bond acceptors (Lipinski definition) is 5. The zero-order valence-electron chi connectivity index (χ0n) is 25.6. The Kier molecular flexibility index (Phi) is 8.67. The number of carbonyl (C=O) groups excluding carboxylic acids is 1. The molecule has 1 amide bonds. The molecule has 0 aliphatic rings. The molecule has 238 valence electrons. The van der Waals surface area contributed by atoms with Gasteiger partial charge in [0.25, 0.3) is 11.5 Å². The zero-order chi connectivity index (χ0) is 34.0. The minimum Gasteiger partial charge on any atom is -0.321 e. The SMILES string of the molecule is Cc1ccc(-c2nn(-c3ccccc3)cc2C=c2sc(=C(C#N)C(=O)Nc3ccccc3C)n(-c3ccccc3C(F)(F)F)c2=O)cc1. The van der Waals surface area contributed by atoms with Gasteiger partial charge in [-0.15, -0.1) is 11.3 Å². The molecule has 0 fully saturated rings. The van der Waals surface area contributed by atoms with Crippen molar-refractivity contribution in [1.29, 1.82) is 5.26 Å². The largest absolute Gasteiger partial charge is 0.418 e. The van der Waals surface area contributed by atoms with Crippen molar-refractivity contribution < 1.29 is 18.0 Å². The Morgan fingerprint density at radius 3 is 2.27 bits per heavy atom. The number of aromatic nitrogens is 3. The summed E-state index contributed by atoms with van der Waals surface area (Å²) in [7, 11) is 0. The van der Waals surface area contributed by atoms with Crippen molar-refractivity contribution in [2.45, 2.75) is 20.0 Å². The van der Waals surface area contributed by atoms with Crippen molar-refractivity contribution in [2.75, 3.05) is 5.32 Å². The number of thiazole rings is 1. The predicted molar refractivity (Wildman–Crippen MR) is 180 cm³/mol. The van der Waals surface area contributed by atoms with E-state index in [-0.39, 0.29) is 9.20 Å². The average molecular weight is 662 g/mol. The molecule has 1 N–H and O–H groups in total. The van der Waals surface area contributed by atoms with Crippen LogP contribution in [-0.4, -0.2) is 20.3 Å². The number of aryl methyl sites for hydroxylation is 2. The first-order valence-electron chi connectivity index (χ1n) is 14.7. The van der Waals surface area contributed by atoms with Gasteiger partial charge in [-0.25, -0.2) is 4.68 Å². The molecule has 0 spiro atoms. The number of nitrogens with one attached hydrogen (secondary N) is 1. The minimum absolute atomic E-state index is 0.000562. The molecule has 6 aromatic rings. The van der Waals surface area contributed by atoms with Gasteiger partial charge in [0, 0.05) is 23.0 Å². The summed E-state index contributed by atoms with van der Waals surface area (Å²) in [5.74, 6) is -0.866. The van der Waals surface area contributed by atoms with Crippen molar-refractivity contribution in [3.05, 3.63) is 151 Å². The number of benzene rings is 4. The van der Waals surface area contributed by atoms with Gasteiger partial charge in [-0.1, -0.05) is 78.4 Å². The molecule has 4 aromatic carbocycles. The molecule has 0 aliphatic carbocycles. The van der Waals surface area contributed by atoms with E-state index in [1.165, 1.54) is 18.2 Å². The van der Waals surface area contributed by atoms with Gasteiger partial charge in [0.05, 0.1) is 27.2 Å². The molecule has 11 heteroatoms. The van der Waals surface area contributed by atoms with Crippen molar-refractivity contribution in [3.8, 4) is 28.7 Å². The van der Waals surface area contributed by atoms with E-state index in [0.29, 0.717) is 22.5 Å². The lowest BCUT2D eigenvalue weighted by molar-refractivity contribution is -0.137. The second-order valence-electron chi connectivity index (χ2n) is 10.9. The van der Waals surface area contributed by atoms with Crippen LogP contribution in [0.3, 0.4) is 0 Å². The number of para-hydroxylation sites is 3. The quantitative estimate of drug-likeness (QED) is 0.220. The second kappa shape index (κ2) is 13.0. The van der Waals surface area contributed by atoms with E-state index >= 15 is 0 Å². The Morgan fingerprint density at radius 2 is 1.58 bits per heavy atom. The molecule has 0 aliphatic heterocycles. The number of anilines is 1. The van der Waals surface area contributed by atoms with Crippen LogP contribution < -0.4 is 20.1 Å². The van der Waals surface area contributed by atoms with Gasteiger partial charge in [0.15, 0.2) is 5.57 Å². The number of rotatable bonds is 6. The number of hydrogen-bond donors (Lipinski definition) is 1. The third-order valence-electron chi connectivity index (χ3n) is 7.59. The van der Waals surface area contributed by atoms with Gasteiger partial charge >= 0.3 is 6.18 Å². The third kappa shape index (κ3) is 6.34. The van der Waals surface area contributed by atoms with E-state index in [1.807, 2.05) is 67.6 Å². The van der Waals surface area contributed by atoms with E-state index in [0.717, 1.165) is 44.9 Å². The lowest BCUT2D eigenvalue weighted by Gasteiger charge is -2.13. The smallest absolute Gasteiger partial charge is 0.321 e. The van der Waals surface area contributed by atoms with E-state index in [2.05, 4.69) is 5.32 Å². The van der Waals surface area contributed by atoms with E-state index in [1.54, 1.807) is 42.1 Å². The van der Waals surface area contributed by atoms with Crippen LogP contribution in [-0.2, 0) is 11.0 Å². The maximum Gasteiger partial charge on any atom is 0.418 e.